The number of sulfonamides is 1. The van der Waals surface area contributed by atoms with Crippen LogP contribution >= 0.6 is 0 Å². The Labute approximate surface area is 174 Å². The summed E-state index contributed by atoms with van der Waals surface area (Å²) in [5.74, 6) is 0.256. The average Bonchev–Trinajstić information content (AvgIpc) is 3.08. The summed E-state index contributed by atoms with van der Waals surface area (Å²) in [5.41, 5.74) is 0.231. The van der Waals surface area contributed by atoms with Gasteiger partial charge in [-0.3, -0.25) is 4.72 Å². The smallest absolute Gasteiger partial charge is 0.261 e. The third-order valence-corrected chi connectivity index (χ3v) is 10.4. The molecule has 162 valence electrons. The van der Waals surface area contributed by atoms with Gasteiger partial charge < -0.3 is 9.47 Å². The summed E-state index contributed by atoms with van der Waals surface area (Å²) < 4.78 is 87.8. The van der Waals surface area contributed by atoms with E-state index in [1.54, 1.807) is 6.07 Å². The molecule has 4 rings (SSSR count). The molecule has 12 heteroatoms. The lowest BCUT2D eigenvalue weighted by atomic mass is 10.3. The summed E-state index contributed by atoms with van der Waals surface area (Å²) >= 11 is 0. The van der Waals surface area contributed by atoms with E-state index >= 15 is 0 Å². The van der Waals surface area contributed by atoms with Gasteiger partial charge in [-0.1, -0.05) is 6.07 Å². The minimum atomic E-state index is -4.10. The Morgan fingerprint density at radius 1 is 0.900 bits per heavy atom. The van der Waals surface area contributed by atoms with E-state index in [2.05, 4.69) is 4.72 Å². The lowest BCUT2D eigenvalue weighted by Gasteiger charge is -2.19. The van der Waals surface area contributed by atoms with E-state index in [0.717, 1.165) is 6.07 Å². The van der Waals surface area contributed by atoms with Gasteiger partial charge in [-0.25, -0.2) is 25.3 Å². The Morgan fingerprint density at radius 3 is 2.30 bits per heavy atom. The van der Waals surface area contributed by atoms with Crippen molar-refractivity contribution < 1.29 is 34.7 Å². The highest BCUT2D eigenvalue weighted by molar-refractivity contribution is 7.96. The fraction of sp³-hybridized carbons (Fsp3) is 0.333. The Balaban J connectivity index is 1.61. The summed E-state index contributed by atoms with van der Waals surface area (Å²) in [7, 11) is -11.5. The molecule has 1 fully saturated rings. The highest BCUT2D eigenvalue weighted by Gasteiger charge is 2.38. The second-order valence-electron chi connectivity index (χ2n) is 7.01. The van der Waals surface area contributed by atoms with Crippen molar-refractivity contribution in [2.45, 2.75) is 21.5 Å². The molecule has 1 N–H and O–H groups in total. The topological polar surface area (TPSA) is 133 Å². The minimum absolute atomic E-state index is 0.00289. The molecule has 2 aliphatic heterocycles. The molecule has 2 aromatic carbocycles. The maximum atomic E-state index is 12.8. The van der Waals surface area contributed by atoms with Gasteiger partial charge in [0, 0.05) is 6.07 Å². The predicted molar refractivity (Wildman–Crippen MR) is 109 cm³/mol. The van der Waals surface area contributed by atoms with E-state index in [0.29, 0.717) is 24.7 Å². The number of ether oxygens (including phenoxy) is 2. The monoisotopic (exact) mass is 473 g/mol. The number of hydrogen-bond donors (Lipinski definition) is 1. The number of nitrogens with one attached hydrogen (secondary N) is 1. The molecule has 0 bridgehead atoms. The van der Waals surface area contributed by atoms with Crippen molar-refractivity contribution >= 4 is 35.4 Å². The number of hydrogen-bond acceptors (Lipinski definition) is 8. The first-order valence-corrected chi connectivity index (χ1v) is 13.9. The number of rotatable bonds is 5. The molecule has 2 aliphatic rings. The number of benzene rings is 2. The first kappa shape index (κ1) is 20.9. The van der Waals surface area contributed by atoms with Crippen molar-refractivity contribution in [1.29, 1.82) is 0 Å². The Morgan fingerprint density at radius 2 is 1.60 bits per heavy atom. The lowest BCUT2D eigenvalue weighted by molar-refractivity contribution is 0.171. The molecule has 2 heterocycles. The van der Waals surface area contributed by atoms with Crippen LogP contribution in [0.4, 0.5) is 5.69 Å². The van der Waals surface area contributed by atoms with Gasteiger partial charge in [-0.15, -0.1) is 0 Å². The Bertz CT molecular complexity index is 1300. The highest BCUT2D eigenvalue weighted by atomic mass is 32.2. The lowest BCUT2D eigenvalue weighted by Crippen LogP contribution is -2.23. The van der Waals surface area contributed by atoms with Crippen molar-refractivity contribution in [1.82, 2.24) is 0 Å². The van der Waals surface area contributed by atoms with E-state index in [-0.39, 0.29) is 27.7 Å². The minimum Gasteiger partial charge on any atom is -0.486 e. The molecule has 0 saturated carbocycles. The first-order valence-electron chi connectivity index (χ1n) is 9.04. The second kappa shape index (κ2) is 7.43. The molecule has 0 aliphatic carbocycles. The van der Waals surface area contributed by atoms with Crippen LogP contribution in [0.1, 0.15) is 6.42 Å². The van der Waals surface area contributed by atoms with Crippen molar-refractivity contribution in [3.63, 3.8) is 0 Å². The van der Waals surface area contributed by atoms with Gasteiger partial charge in [-0.05, 0) is 36.8 Å². The molecule has 0 radical (unpaired) electrons. The molecule has 1 saturated heterocycles. The largest absolute Gasteiger partial charge is 0.486 e. The van der Waals surface area contributed by atoms with E-state index in [1.807, 2.05) is 0 Å². The molecule has 0 spiro atoms. The second-order valence-corrected chi connectivity index (χ2v) is 13.1. The molecule has 1 atom stereocenters. The normalized spacial score (nSPS) is 20.6. The van der Waals surface area contributed by atoms with Crippen molar-refractivity contribution in [2.75, 3.05) is 29.4 Å². The van der Waals surface area contributed by atoms with Gasteiger partial charge >= 0.3 is 0 Å². The molecule has 0 unspecified atom stereocenters. The van der Waals surface area contributed by atoms with Crippen molar-refractivity contribution in [3.05, 3.63) is 42.5 Å². The summed E-state index contributed by atoms with van der Waals surface area (Å²) in [5, 5.41) is -1.08. The third kappa shape index (κ3) is 4.12. The van der Waals surface area contributed by atoms with Crippen LogP contribution < -0.4 is 14.2 Å². The van der Waals surface area contributed by atoms with Crippen molar-refractivity contribution in [2.24, 2.45) is 0 Å². The zero-order chi connectivity index (χ0) is 21.6. The van der Waals surface area contributed by atoms with Crippen molar-refractivity contribution in [3.8, 4) is 11.5 Å². The first-order chi connectivity index (χ1) is 14.1. The Hall–Kier alpha value is -2.31. The number of anilines is 1. The van der Waals surface area contributed by atoms with Gasteiger partial charge in [0.05, 0.1) is 32.2 Å². The molecule has 30 heavy (non-hydrogen) atoms. The highest BCUT2D eigenvalue weighted by Crippen LogP contribution is 2.33. The van der Waals surface area contributed by atoms with E-state index in [4.69, 9.17) is 9.47 Å². The van der Waals surface area contributed by atoms with Crippen LogP contribution in [0.3, 0.4) is 0 Å². The van der Waals surface area contributed by atoms with Gasteiger partial charge in [0.1, 0.15) is 13.2 Å². The summed E-state index contributed by atoms with van der Waals surface area (Å²) in [6.07, 6.45) is -0.00289. The zero-order valence-corrected chi connectivity index (χ0v) is 18.1. The standard InChI is InChI=1S/C18H19NO8S3/c20-28(21)9-6-16(12-28)29(22,23)14-2-1-3-15(11-14)30(24,25)19-13-4-5-17-18(10-13)27-8-7-26-17/h1-5,10-11,16,19H,6-9,12H2/t16-/m0/s1. The van der Waals surface area contributed by atoms with Gasteiger partial charge in [0.2, 0.25) is 0 Å². The molecular weight excluding hydrogens is 454 g/mol. The van der Waals surface area contributed by atoms with Gasteiger partial charge in [-0.2, -0.15) is 0 Å². The van der Waals surface area contributed by atoms with Gasteiger partial charge in [0.15, 0.2) is 31.2 Å². The summed E-state index contributed by atoms with van der Waals surface area (Å²) in [4.78, 5) is -0.478. The van der Waals surface area contributed by atoms with E-state index < -0.39 is 40.7 Å². The maximum absolute atomic E-state index is 12.8. The molecule has 2 aromatic rings. The predicted octanol–water partition coefficient (Wildman–Crippen LogP) is 1.22. The fourth-order valence-electron chi connectivity index (χ4n) is 3.34. The third-order valence-electron chi connectivity index (χ3n) is 4.87. The van der Waals surface area contributed by atoms with Gasteiger partial charge in [0.25, 0.3) is 10.0 Å². The van der Waals surface area contributed by atoms with Crippen LogP contribution in [0.2, 0.25) is 0 Å². The van der Waals surface area contributed by atoms with Crippen LogP contribution in [0.5, 0.6) is 11.5 Å². The van der Waals surface area contributed by atoms with Crippen LogP contribution in [-0.4, -0.2) is 55.2 Å². The number of fused-ring (bicyclic) bond motifs is 1. The van der Waals surface area contributed by atoms with E-state index in [1.165, 1.54) is 30.3 Å². The SMILES string of the molecule is O=S1(=O)CC[C@H](S(=O)(=O)c2cccc(S(=O)(=O)Nc3ccc4c(c3)OCCO4)c2)C1. The van der Waals surface area contributed by atoms with Crippen LogP contribution in [0.25, 0.3) is 0 Å². The molecule has 0 aromatic heterocycles. The van der Waals surface area contributed by atoms with Crippen LogP contribution in [-0.2, 0) is 29.7 Å². The summed E-state index contributed by atoms with van der Waals surface area (Å²) in [6, 6.07) is 9.46. The summed E-state index contributed by atoms with van der Waals surface area (Å²) in [6.45, 7) is 0.752. The molecular formula is C18H19NO8S3. The average molecular weight is 474 g/mol. The van der Waals surface area contributed by atoms with Crippen LogP contribution in [0.15, 0.2) is 52.3 Å². The molecule has 0 amide bonds. The van der Waals surface area contributed by atoms with E-state index in [9.17, 15) is 25.3 Å². The quantitative estimate of drug-likeness (QED) is 0.685. The molecule has 9 nitrogen and oxygen atoms in total. The Kier molecular flexibility index (Phi) is 5.19. The van der Waals surface area contributed by atoms with Crippen LogP contribution in [0, 0.1) is 0 Å². The zero-order valence-electron chi connectivity index (χ0n) is 15.6. The maximum Gasteiger partial charge on any atom is 0.261 e. The fourth-order valence-corrected chi connectivity index (χ4v) is 8.91. The number of sulfone groups is 2.